The van der Waals surface area contributed by atoms with Gasteiger partial charge in [-0.05, 0) is 44.4 Å². The van der Waals surface area contributed by atoms with Gasteiger partial charge in [0.25, 0.3) is 0 Å². The summed E-state index contributed by atoms with van der Waals surface area (Å²) in [5, 5.41) is 0. The molecule has 1 fully saturated rings. The van der Waals surface area contributed by atoms with Gasteiger partial charge in [-0.1, -0.05) is 5.92 Å². The number of ether oxygens (including phenoxy) is 1. The maximum atomic E-state index is 12.1. The van der Waals surface area contributed by atoms with Crippen LogP contribution in [-0.2, 0) is 4.74 Å². The van der Waals surface area contributed by atoms with Crippen LogP contribution in [0.2, 0.25) is 0 Å². The molecule has 0 spiro atoms. The molecule has 1 saturated heterocycles. The highest BCUT2D eigenvalue weighted by atomic mass is 16.5. The standard InChI is InChI=1S/C16H20N2O2/c1-3-10-20-16(19)14-11-13(17)7-8-15(14)18-9-5-4-6-12(18)2/h1,7-8,11-12H,4-6,9-10,17H2,2H3/t12-/m1/s1. The van der Waals surface area contributed by atoms with Crippen LogP contribution >= 0.6 is 0 Å². The zero-order valence-electron chi connectivity index (χ0n) is 11.8. The molecule has 0 radical (unpaired) electrons. The van der Waals surface area contributed by atoms with Crippen molar-refractivity contribution in [3.63, 3.8) is 0 Å². The summed E-state index contributed by atoms with van der Waals surface area (Å²) >= 11 is 0. The van der Waals surface area contributed by atoms with Gasteiger partial charge in [-0.15, -0.1) is 6.42 Å². The average molecular weight is 272 g/mol. The molecule has 1 aromatic carbocycles. The molecule has 0 amide bonds. The lowest BCUT2D eigenvalue weighted by atomic mass is 10.0. The van der Waals surface area contributed by atoms with Crippen LogP contribution < -0.4 is 10.6 Å². The first-order chi connectivity index (χ1) is 9.63. The van der Waals surface area contributed by atoms with Gasteiger partial charge in [0.2, 0.25) is 0 Å². The number of benzene rings is 1. The molecule has 4 heteroatoms. The maximum Gasteiger partial charge on any atom is 0.341 e. The number of terminal acetylenes is 1. The predicted molar refractivity (Wildman–Crippen MR) is 80.6 cm³/mol. The molecular formula is C16H20N2O2. The van der Waals surface area contributed by atoms with Gasteiger partial charge in [-0.25, -0.2) is 4.79 Å². The summed E-state index contributed by atoms with van der Waals surface area (Å²) in [6.07, 6.45) is 8.61. The normalized spacial score (nSPS) is 18.4. The van der Waals surface area contributed by atoms with E-state index < -0.39 is 5.97 Å². The first-order valence-electron chi connectivity index (χ1n) is 6.90. The minimum absolute atomic E-state index is 0.0252. The fourth-order valence-corrected chi connectivity index (χ4v) is 2.61. The third-order valence-electron chi connectivity index (χ3n) is 3.64. The Kier molecular flexibility index (Phi) is 4.52. The highest BCUT2D eigenvalue weighted by Gasteiger charge is 2.24. The fraction of sp³-hybridized carbons (Fsp3) is 0.438. The molecule has 1 heterocycles. The summed E-state index contributed by atoms with van der Waals surface area (Å²) in [6.45, 7) is 3.09. The van der Waals surface area contributed by atoms with Gasteiger partial charge < -0.3 is 15.4 Å². The fourth-order valence-electron chi connectivity index (χ4n) is 2.61. The van der Waals surface area contributed by atoms with Gasteiger partial charge in [-0.3, -0.25) is 0 Å². The summed E-state index contributed by atoms with van der Waals surface area (Å²) in [4.78, 5) is 14.4. The molecule has 0 bridgehead atoms. The minimum atomic E-state index is -0.414. The molecule has 1 aliphatic heterocycles. The molecule has 0 aromatic heterocycles. The molecule has 0 saturated carbocycles. The second-order valence-electron chi connectivity index (χ2n) is 5.10. The lowest BCUT2D eigenvalue weighted by Gasteiger charge is -2.36. The van der Waals surface area contributed by atoms with Crippen molar-refractivity contribution in [2.75, 3.05) is 23.8 Å². The topological polar surface area (TPSA) is 55.6 Å². The van der Waals surface area contributed by atoms with E-state index in [-0.39, 0.29) is 6.61 Å². The quantitative estimate of drug-likeness (QED) is 0.521. The van der Waals surface area contributed by atoms with E-state index in [9.17, 15) is 4.79 Å². The maximum absolute atomic E-state index is 12.1. The minimum Gasteiger partial charge on any atom is -0.449 e. The molecule has 2 rings (SSSR count). The molecule has 4 nitrogen and oxygen atoms in total. The second-order valence-corrected chi connectivity index (χ2v) is 5.10. The van der Waals surface area contributed by atoms with E-state index in [2.05, 4.69) is 17.7 Å². The van der Waals surface area contributed by atoms with Crippen molar-refractivity contribution < 1.29 is 9.53 Å². The number of piperidine rings is 1. The van der Waals surface area contributed by atoms with Gasteiger partial charge >= 0.3 is 5.97 Å². The number of carbonyl (C=O) groups excluding carboxylic acids is 1. The Morgan fingerprint density at radius 2 is 2.35 bits per heavy atom. The van der Waals surface area contributed by atoms with E-state index in [1.165, 1.54) is 6.42 Å². The zero-order valence-corrected chi connectivity index (χ0v) is 11.8. The third kappa shape index (κ3) is 3.05. The molecule has 20 heavy (non-hydrogen) atoms. The highest BCUT2D eigenvalue weighted by molar-refractivity contribution is 5.97. The Morgan fingerprint density at radius 1 is 1.55 bits per heavy atom. The first-order valence-corrected chi connectivity index (χ1v) is 6.90. The van der Waals surface area contributed by atoms with E-state index in [0.717, 1.165) is 25.1 Å². The van der Waals surface area contributed by atoms with Crippen molar-refractivity contribution in [2.45, 2.75) is 32.2 Å². The Bertz CT molecular complexity index is 534. The van der Waals surface area contributed by atoms with Gasteiger partial charge in [0, 0.05) is 18.3 Å². The van der Waals surface area contributed by atoms with Crippen molar-refractivity contribution in [3.05, 3.63) is 23.8 Å². The molecule has 0 unspecified atom stereocenters. The van der Waals surface area contributed by atoms with Crippen LogP contribution in [0, 0.1) is 12.3 Å². The highest BCUT2D eigenvalue weighted by Crippen LogP contribution is 2.29. The Labute approximate surface area is 119 Å². The number of rotatable bonds is 3. The van der Waals surface area contributed by atoms with Crippen LogP contribution in [0.4, 0.5) is 11.4 Å². The Hall–Kier alpha value is -2.15. The SMILES string of the molecule is C#CCOC(=O)c1cc(N)ccc1N1CCCC[C@H]1C. The lowest BCUT2D eigenvalue weighted by Crippen LogP contribution is -2.38. The van der Waals surface area contributed by atoms with Crippen LogP contribution in [-0.4, -0.2) is 25.2 Å². The van der Waals surface area contributed by atoms with Crippen LogP contribution in [0.5, 0.6) is 0 Å². The largest absolute Gasteiger partial charge is 0.449 e. The summed E-state index contributed by atoms with van der Waals surface area (Å²) in [6, 6.07) is 5.78. The van der Waals surface area contributed by atoms with Crippen LogP contribution in [0.3, 0.4) is 0 Å². The number of nitrogens with two attached hydrogens (primary N) is 1. The van der Waals surface area contributed by atoms with E-state index in [0.29, 0.717) is 17.3 Å². The van der Waals surface area contributed by atoms with Crippen LogP contribution in [0.15, 0.2) is 18.2 Å². The van der Waals surface area contributed by atoms with Crippen molar-refractivity contribution in [1.29, 1.82) is 0 Å². The number of nitrogen functional groups attached to an aromatic ring is 1. The van der Waals surface area contributed by atoms with E-state index in [1.807, 2.05) is 12.1 Å². The monoisotopic (exact) mass is 272 g/mol. The van der Waals surface area contributed by atoms with Crippen LogP contribution in [0.25, 0.3) is 0 Å². The molecular weight excluding hydrogens is 252 g/mol. The number of hydrogen-bond acceptors (Lipinski definition) is 4. The number of esters is 1. The summed E-state index contributed by atoms with van der Waals surface area (Å²) in [5.41, 5.74) is 7.72. The third-order valence-corrected chi connectivity index (χ3v) is 3.64. The van der Waals surface area contributed by atoms with Crippen molar-refractivity contribution in [1.82, 2.24) is 0 Å². The smallest absolute Gasteiger partial charge is 0.341 e. The average Bonchev–Trinajstić information content (AvgIpc) is 2.45. The number of hydrogen-bond donors (Lipinski definition) is 1. The van der Waals surface area contributed by atoms with Crippen molar-refractivity contribution >= 4 is 17.3 Å². The number of nitrogens with zero attached hydrogens (tertiary/aromatic N) is 1. The van der Waals surface area contributed by atoms with E-state index in [4.69, 9.17) is 16.9 Å². The van der Waals surface area contributed by atoms with Gasteiger partial charge in [0.1, 0.15) is 0 Å². The van der Waals surface area contributed by atoms with Gasteiger partial charge in [-0.2, -0.15) is 0 Å². The van der Waals surface area contributed by atoms with Gasteiger partial charge in [0.15, 0.2) is 6.61 Å². The Balaban J connectivity index is 2.32. The van der Waals surface area contributed by atoms with E-state index in [1.54, 1.807) is 6.07 Å². The van der Waals surface area contributed by atoms with E-state index >= 15 is 0 Å². The molecule has 1 aliphatic rings. The van der Waals surface area contributed by atoms with Crippen molar-refractivity contribution in [2.24, 2.45) is 0 Å². The molecule has 1 aromatic rings. The van der Waals surface area contributed by atoms with Gasteiger partial charge in [0.05, 0.1) is 11.3 Å². The second kappa shape index (κ2) is 6.33. The zero-order chi connectivity index (χ0) is 14.5. The number of carbonyl (C=O) groups is 1. The first kappa shape index (κ1) is 14.3. The predicted octanol–water partition coefficient (Wildman–Crippen LogP) is 2.44. The summed E-state index contributed by atoms with van der Waals surface area (Å²) in [5.74, 6) is 1.89. The molecule has 106 valence electrons. The number of anilines is 2. The van der Waals surface area contributed by atoms with Crippen molar-refractivity contribution in [3.8, 4) is 12.3 Å². The van der Waals surface area contributed by atoms with Crippen LogP contribution in [0.1, 0.15) is 36.5 Å². The molecule has 0 aliphatic carbocycles. The summed E-state index contributed by atoms with van der Waals surface area (Å²) < 4.78 is 5.04. The molecule has 2 N–H and O–H groups in total. The lowest BCUT2D eigenvalue weighted by molar-refractivity contribution is 0.0557. The molecule has 1 atom stereocenters. The Morgan fingerprint density at radius 3 is 3.05 bits per heavy atom. The summed E-state index contributed by atoms with van der Waals surface area (Å²) in [7, 11) is 0.